The van der Waals surface area contributed by atoms with Crippen molar-refractivity contribution in [2.75, 3.05) is 32.3 Å². The zero-order chi connectivity index (χ0) is 14.4. The fourth-order valence-electron chi connectivity index (χ4n) is 2.33. The van der Waals surface area contributed by atoms with Crippen LogP contribution in [0, 0.1) is 0 Å². The highest BCUT2D eigenvalue weighted by atomic mass is 32.2. The van der Waals surface area contributed by atoms with Gasteiger partial charge in [0.2, 0.25) is 0 Å². The van der Waals surface area contributed by atoms with E-state index < -0.39 is 0 Å². The fourth-order valence-corrected chi connectivity index (χ4v) is 3.49. The maximum absolute atomic E-state index is 2.39. The SMILES string of the molecule is CCCCCCCC[N+](C)(C)CSCCCCCC. The zero-order valence-corrected chi connectivity index (χ0v) is 14.9. The molecule has 0 saturated carbocycles. The van der Waals surface area contributed by atoms with E-state index >= 15 is 0 Å². The summed E-state index contributed by atoms with van der Waals surface area (Å²) in [6.07, 6.45) is 14.1. The van der Waals surface area contributed by atoms with Gasteiger partial charge in [0.25, 0.3) is 0 Å². The molecule has 19 heavy (non-hydrogen) atoms. The van der Waals surface area contributed by atoms with Gasteiger partial charge in [-0.3, -0.25) is 0 Å². The number of rotatable bonds is 14. The standard InChI is InChI=1S/C17H38NS/c1-5-7-9-11-12-13-15-18(3,4)17-19-16-14-10-8-6-2/h5-17H2,1-4H3/q+1. The molecule has 0 aromatic carbocycles. The monoisotopic (exact) mass is 288 g/mol. The molecule has 1 nitrogen and oxygen atoms in total. The predicted octanol–water partition coefficient (Wildman–Crippen LogP) is 5.69. The summed E-state index contributed by atoms with van der Waals surface area (Å²) in [5.74, 6) is 2.65. The van der Waals surface area contributed by atoms with Gasteiger partial charge in [-0.1, -0.05) is 58.8 Å². The van der Waals surface area contributed by atoms with Crippen LogP contribution in [-0.2, 0) is 0 Å². The van der Waals surface area contributed by atoms with Gasteiger partial charge < -0.3 is 4.48 Å². The van der Waals surface area contributed by atoms with Gasteiger partial charge >= 0.3 is 0 Å². The van der Waals surface area contributed by atoms with Crippen LogP contribution in [0.5, 0.6) is 0 Å². The molecule has 0 amide bonds. The van der Waals surface area contributed by atoms with E-state index in [0.29, 0.717) is 0 Å². The molecular formula is C17H38NS+. The molecule has 0 rings (SSSR count). The molecule has 0 heterocycles. The van der Waals surface area contributed by atoms with Crippen LogP contribution in [0.3, 0.4) is 0 Å². The summed E-state index contributed by atoms with van der Waals surface area (Å²) in [5.41, 5.74) is 0. The third-order valence-corrected chi connectivity index (χ3v) is 5.16. The molecule has 0 bridgehead atoms. The molecule has 2 heteroatoms. The van der Waals surface area contributed by atoms with Gasteiger partial charge in [-0.25, -0.2) is 0 Å². The molecule has 0 saturated heterocycles. The Morgan fingerprint density at radius 3 is 1.84 bits per heavy atom. The van der Waals surface area contributed by atoms with Gasteiger partial charge in [-0.05, 0) is 25.0 Å². The van der Waals surface area contributed by atoms with E-state index in [0.717, 1.165) is 0 Å². The van der Waals surface area contributed by atoms with E-state index in [4.69, 9.17) is 0 Å². The van der Waals surface area contributed by atoms with E-state index in [-0.39, 0.29) is 0 Å². The summed E-state index contributed by atoms with van der Waals surface area (Å²) in [6, 6.07) is 0. The van der Waals surface area contributed by atoms with Gasteiger partial charge in [0.15, 0.2) is 0 Å². The number of thioether (sulfide) groups is 1. The number of nitrogens with zero attached hydrogens (tertiary/aromatic N) is 1. The van der Waals surface area contributed by atoms with Crippen LogP contribution >= 0.6 is 11.8 Å². The molecule has 0 aliphatic carbocycles. The average Bonchev–Trinajstić information content (AvgIpc) is 2.38. The fraction of sp³-hybridized carbons (Fsp3) is 1.00. The maximum atomic E-state index is 2.39. The van der Waals surface area contributed by atoms with Crippen molar-refractivity contribution >= 4 is 11.8 Å². The highest BCUT2D eigenvalue weighted by Gasteiger charge is 2.13. The van der Waals surface area contributed by atoms with Crippen molar-refractivity contribution in [1.82, 2.24) is 0 Å². The maximum Gasteiger partial charge on any atom is 0.125 e. The number of hydrogen-bond acceptors (Lipinski definition) is 1. The van der Waals surface area contributed by atoms with Crippen LogP contribution in [0.4, 0.5) is 0 Å². The lowest BCUT2D eigenvalue weighted by atomic mass is 10.1. The normalized spacial score (nSPS) is 12.0. The van der Waals surface area contributed by atoms with Crippen LogP contribution < -0.4 is 0 Å². The van der Waals surface area contributed by atoms with Gasteiger partial charge in [0.05, 0.1) is 20.6 Å². The second kappa shape index (κ2) is 13.3. The van der Waals surface area contributed by atoms with Gasteiger partial charge in [0, 0.05) is 0 Å². The van der Waals surface area contributed by atoms with Gasteiger partial charge in [0.1, 0.15) is 5.88 Å². The first-order valence-corrected chi connectivity index (χ1v) is 9.67. The molecule has 0 unspecified atom stereocenters. The largest absolute Gasteiger partial charge is 0.320 e. The minimum Gasteiger partial charge on any atom is -0.320 e. The molecule has 0 aliphatic heterocycles. The Hall–Kier alpha value is 0.310. The van der Waals surface area contributed by atoms with Crippen LogP contribution in [0.2, 0.25) is 0 Å². The van der Waals surface area contributed by atoms with Gasteiger partial charge in [-0.15, -0.1) is 11.8 Å². The summed E-state index contributed by atoms with van der Waals surface area (Å²) < 4.78 is 1.20. The molecule has 0 N–H and O–H groups in total. The van der Waals surface area contributed by atoms with E-state index in [1.54, 1.807) is 0 Å². The molecule has 0 aromatic heterocycles. The van der Waals surface area contributed by atoms with Crippen LogP contribution in [0.25, 0.3) is 0 Å². The topological polar surface area (TPSA) is 0 Å². The number of hydrogen-bond donors (Lipinski definition) is 0. The van der Waals surface area contributed by atoms with E-state index in [1.165, 1.54) is 86.9 Å². The molecule has 0 aliphatic rings. The van der Waals surface area contributed by atoms with Gasteiger partial charge in [-0.2, -0.15) is 0 Å². The molecule has 0 spiro atoms. The third kappa shape index (κ3) is 14.5. The predicted molar refractivity (Wildman–Crippen MR) is 91.8 cm³/mol. The van der Waals surface area contributed by atoms with Crippen LogP contribution in [-0.4, -0.2) is 36.8 Å². The second-order valence-corrected chi connectivity index (χ2v) is 7.60. The summed E-state index contributed by atoms with van der Waals surface area (Å²) >= 11 is 2.15. The smallest absolute Gasteiger partial charge is 0.125 e. The Bertz CT molecular complexity index is 162. The molecule has 0 aromatic rings. The molecule has 0 atom stereocenters. The van der Waals surface area contributed by atoms with E-state index in [1.807, 2.05) is 0 Å². The zero-order valence-electron chi connectivity index (χ0n) is 14.0. The molecule has 0 radical (unpaired) electrons. The minimum atomic E-state index is 1.20. The molecule has 116 valence electrons. The summed E-state index contributed by atoms with van der Waals surface area (Å²) in [5, 5.41) is 0. The van der Waals surface area contributed by atoms with Crippen molar-refractivity contribution in [3.05, 3.63) is 0 Å². The second-order valence-electron chi connectivity index (χ2n) is 6.53. The van der Waals surface area contributed by atoms with Crippen molar-refractivity contribution in [2.24, 2.45) is 0 Å². The van der Waals surface area contributed by atoms with Crippen LogP contribution in [0.1, 0.15) is 78.1 Å². The number of unbranched alkanes of at least 4 members (excludes halogenated alkanes) is 8. The van der Waals surface area contributed by atoms with Crippen LogP contribution in [0.15, 0.2) is 0 Å². The Labute approximate surface area is 127 Å². The van der Waals surface area contributed by atoms with Crippen molar-refractivity contribution in [2.45, 2.75) is 78.1 Å². The third-order valence-electron chi connectivity index (χ3n) is 3.70. The van der Waals surface area contributed by atoms with Crippen molar-refractivity contribution in [1.29, 1.82) is 0 Å². The molecule has 0 fully saturated rings. The first-order valence-electron chi connectivity index (χ1n) is 8.52. The first-order chi connectivity index (χ1) is 9.12. The molecular weight excluding hydrogens is 250 g/mol. The Morgan fingerprint density at radius 2 is 1.21 bits per heavy atom. The van der Waals surface area contributed by atoms with E-state index in [2.05, 4.69) is 39.7 Å². The lowest BCUT2D eigenvalue weighted by molar-refractivity contribution is -0.877. The number of quaternary nitrogens is 1. The van der Waals surface area contributed by atoms with Crippen molar-refractivity contribution < 1.29 is 4.48 Å². The Kier molecular flexibility index (Phi) is 13.5. The van der Waals surface area contributed by atoms with Crippen molar-refractivity contribution in [3.8, 4) is 0 Å². The minimum absolute atomic E-state index is 1.20. The van der Waals surface area contributed by atoms with Crippen molar-refractivity contribution in [3.63, 3.8) is 0 Å². The highest BCUT2D eigenvalue weighted by molar-refractivity contribution is 7.99. The lowest BCUT2D eigenvalue weighted by Crippen LogP contribution is -2.40. The summed E-state index contributed by atoms with van der Waals surface area (Å²) in [6.45, 7) is 5.93. The lowest BCUT2D eigenvalue weighted by Gasteiger charge is -2.29. The summed E-state index contributed by atoms with van der Waals surface area (Å²) in [7, 11) is 4.79. The summed E-state index contributed by atoms with van der Waals surface area (Å²) in [4.78, 5) is 0. The average molecular weight is 289 g/mol. The quantitative estimate of drug-likeness (QED) is 0.225. The van der Waals surface area contributed by atoms with E-state index in [9.17, 15) is 0 Å². The highest BCUT2D eigenvalue weighted by Crippen LogP contribution is 2.14. The first kappa shape index (κ1) is 19.3. The Morgan fingerprint density at radius 1 is 0.684 bits per heavy atom. The Balaban J connectivity index is 3.36.